The summed E-state index contributed by atoms with van der Waals surface area (Å²) in [6.07, 6.45) is 11.3. The molecule has 0 saturated heterocycles. The molecule has 204 valence electrons. The molecule has 1 amide bonds. The van der Waals surface area contributed by atoms with Crippen LogP contribution >= 0.6 is 0 Å². The number of hydrogen-bond donors (Lipinski definition) is 2. The highest BCUT2D eigenvalue weighted by molar-refractivity contribution is 5.76. The van der Waals surface area contributed by atoms with Gasteiger partial charge >= 0.3 is 0 Å². The summed E-state index contributed by atoms with van der Waals surface area (Å²) in [4.78, 5) is 26.3. The molecule has 1 saturated carbocycles. The molecule has 1 fully saturated rings. The van der Waals surface area contributed by atoms with Crippen LogP contribution in [0.25, 0.3) is 11.0 Å². The van der Waals surface area contributed by atoms with Gasteiger partial charge in [0.2, 0.25) is 5.91 Å². The maximum atomic E-state index is 13.9. The van der Waals surface area contributed by atoms with Gasteiger partial charge in [-0.05, 0) is 57.6 Å². The second-order valence-corrected chi connectivity index (χ2v) is 10.1. The van der Waals surface area contributed by atoms with Crippen molar-refractivity contribution in [2.45, 2.75) is 69.9 Å². The first-order chi connectivity index (χ1) is 18.6. The van der Waals surface area contributed by atoms with Gasteiger partial charge in [0.15, 0.2) is 0 Å². The first-order valence-corrected chi connectivity index (χ1v) is 13.8. The highest BCUT2D eigenvalue weighted by Crippen LogP contribution is 2.35. The first-order valence-electron chi connectivity index (χ1n) is 13.8. The fraction of sp³-hybridized carbons (Fsp3) is 0.571. The molecule has 38 heavy (non-hydrogen) atoms. The Labute approximate surface area is 222 Å². The van der Waals surface area contributed by atoms with Crippen LogP contribution in [0.5, 0.6) is 0 Å². The average molecular weight is 525 g/mol. The lowest BCUT2D eigenvalue weighted by atomic mass is 9.90. The van der Waals surface area contributed by atoms with E-state index in [9.17, 15) is 9.18 Å². The summed E-state index contributed by atoms with van der Waals surface area (Å²) >= 11 is 0. The highest BCUT2D eigenvalue weighted by atomic mass is 19.1. The third kappa shape index (κ3) is 6.30. The molecule has 1 aliphatic heterocycles. The molecular weight excluding hydrogens is 487 g/mol. The zero-order valence-electron chi connectivity index (χ0n) is 22.0. The predicted octanol–water partition coefficient (Wildman–Crippen LogP) is 4.35. The third-order valence-corrected chi connectivity index (χ3v) is 7.44. The van der Waals surface area contributed by atoms with Crippen molar-refractivity contribution < 1.29 is 18.7 Å². The van der Waals surface area contributed by atoms with E-state index in [0.29, 0.717) is 51.0 Å². The number of halogens is 1. The summed E-state index contributed by atoms with van der Waals surface area (Å²) in [5, 5.41) is 7.47. The summed E-state index contributed by atoms with van der Waals surface area (Å²) in [6.45, 7) is 5.14. The molecule has 3 atom stereocenters. The van der Waals surface area contributed by atoms with Gasteiger partial charge in [-0.25, -0.2) is 19.3 Å². The van der Waals surface area contributed by atoms with E-state index in [1.165, 1.54) is 12.3 Å². The number of pyridine rings is 1. The molecule has 3 unspecified atom stereocenters. The monoisotopic (exact) mass is 524 g/mol. The van der Waals surface area contributed by atoms with Crippen LogP contribution in [0.4, 0.5) is 10.2 Å². The van der Waals surface area contributed by atoms with E-state index in [1.54, 1.807) is 0 Å². The number of unbranched alkanes of at least 4 members (excludes halogenated alkanes) is 1. The largest absolute Gasteiger partial charge is 0.379 e. The lowest BCUT2D eigenvalue weighted by Crippen LogP contribution is -2.38. The summed E-state index contributed by atoms with van der Waals surface area (Å²) < 4.78 is 26.9. The molecule has 0 spiro atoms. The maximum absolute atomic E-state index is 13.9. The zero-order valence-corrected chi connectivity index (χ0v) is 22.0. The van der Waals surface area contributed by atoms with Gasteiger partial charge in [-0.2, -0.15) is 0 Å². The number of amides is 1. The molecule has 2 aliphatic rings. The van der Waals surface area contributed by atoms with Gasteiger partial charge in [-0.1, -0.05) is 0 Å². The number of fused-ring (bicyclic) bond motifs is 2. The van der Waals surface area contributed by atoms with Gasteiger partial charge in [0.05, 0.1) is 25.3 Å². The molecular formula is C28H37FN6O3. The number of carbonyl (C=O) groups is 1. The van der Waals surface area contributed by atoms with Crippen molar-refractivity contribution in [1.82, 2.24) is 24.8 Å². The molecule has 0 radical (unpaired) electrons. The number of nitrogens with zero attached hydrogens (tertiary/aromatic N) is 4. The fourth-order valence-corrected chi connectivity index (χ4v) is 5.52. The Bertz CT molecular complexity index is 1230. The summed E-state index contributed by atoms with van der Waals surface area (Å²) in [7, 11) is 0. The van der Waals surface area contributed by atoms with Crippen molar-refractivity contribution in [2.75, 3.05) is 38.3 Å². The van der Waals surface area contributed by atoms with E-state index >= 15 is 0 Å². The summed E-state index contributed by atoms with van der Waals surface area (Å²) in [5.74, 6) is 0.965. The number of anilines is 1. The van der Waals surface area contributed by atoms with Crippen molar-refractivity contribution in [1.29, 1.82) is 0 Å². The SMILES string of the molecule is CCOCCOCCCCC(=O)NC1CCCC(n2ccc3cnc(C4CNc5ncc(F)cc54)nc32)C1. The van der Waals surface area contributed by atoms with Crippen LogP contribution in [0.3, 0.4) is 0 Å². The fourth-order valence-electron chi connectivity index (χ4n) is 5.52. The molecule has 0 aromatic carbocycles. The van der Waals surface area contributed by atoms with E-state index in [2.05, 4.69) is 31.4 Å². The Morgan fingerprint density at radius 1 is 1.18 bits per heavy atom. The first kappa shape index (κ1) is 26.5. The minimum atomic E-state index is -0.358. The van der Waals surface area contributed by atoms with Crippen LogP contribution in [0.2, 0.25) is 0 Å². The number of ether oxygens (including phenoxy) is 2. The molecule has 3 aromatic rings. The minimum absolute atomic E-state index is 0.111. The third-order valence-electron chi connectivity index (χ3n) is 7.44. The van der Waals surface area contributed by atoms with Crippen molar-refractivity contribution in [3.8, 4) is 0 Å². The van der Waals surface area contributed by atoms with Gasteiger partial charge in [0.1, 0.15) is 23.1 Å². The second kappa shape index (κ2) is 12.6. The molecule has 0 bridgehead atoms. The van der Waals surface area contributed by atoms with Crippen LogP contribution in [-0.2, 0) is 14.3 Å². The zero-order chi connectivity index (χ0) is 26.3. The summed E-state index contributed by atoms with van der Waals surface area (Å²) in [5.41, 5.74) is 1.68. The van der Waals surface area contributed by atoms with E-state index in [1.807, 2.05) is 19.2 Å². The molecule has 4 heterocycles. The normalized spacial score (nSPS) is 20.8. The predicted molar refractivity (Wildman–Crippen MR) is 143 cm³/mol. The number of hydrogen-bond acceptors (Lipinski definition) is 7. The van der Waals surface area contributed by atoms with Crippen molar-refractivity contribution in [3.63, 3.8) is 0 Å². The number of carbonyl (C=O) groups excluding carboxylic acids is 1. The van der Waals surface area contributed by atoms with Crippen LogP contribution in [-0.4, -0.2) is 64.4 Å². The van der Waals surface area contributed by atoms with Gasteiger partial charge in [-0.3, -0.25) is 4.79 Å². The van der Waals surface area contributed by atoms with Crippen molar-refractivity contribution >= 4 is 22.8 Å². The molecule has 2 N–H and O–H groups in total. The smallest absolute Gasteiger partial charge is 0.220 e. The van der Waals surface area contributed by atoms with Gasteiger partial charge in [0, 0.05) is 61.6 Å². The quantitative estimate of drug-likeness (QED) is 0.340. The molecule has 1 aliphatic carbocycles. The average Bonchev–Trinajstić information content (AvgIpc) is 3.54. The van der Waals surface area contributed by atoms with Crippen LogP contribution in [0, 0.1) is 5.82 Å². The van der Waals surface area contributed by atoms with Crippen LogP contribution < -0.4 is 10.6 Å². The Morgan fingerprint density at radius 3 is 2.97 bits per heavy atom. The molecule has 9 nitrogen and oxygen atoms in total. The summed E-state index contributed by atoms with van der Waals surface area (Å²) in [6, 6.07) is 3.97. The lowest BCUT2D eigenvalue weighted by Gasteiger charge is -2.31. The van der Waals surface area contributed by atoms with E-state index in [-0.39, 0.29) is 29.7 Å². The number of aromatic nitrogens is 4. The topological polar surface area (TPSA) is 103 Å². The molecule has 5 rings (SSSR count). The minimum Gasteiger partial charge on any atom is -0.379 e. The van der Waals surface area contributed by atoms with Crippen molar-refractivity contribution in [3.05, 3.63) is 47.9 Å². The Balaban J connectivity index is 1.17. The van der Waals surface area contributed by atoms with E-state index in [0.717, 1.165) is 55.1 Å². The second-order valence-electron chi connectivity index (χ2n) is 10.1. The van der Waals surface area contributed by atoms with Crippen LogP contribution in [0.1, 0.15) is 75.2 Å². The van der Waals surface area contributed by atoms with Gasteiger partial charge in [-0.15, -0.1) is 0 Å². The Hall–Kier alpha value is -3.11. The van der Waals surface area contributed by atoms with Gasteiger partial charge < -0.3 is 24.7 Å². The highest BCUT2D eigenvalue weighted by Gasteiger charge is 2.29. The van der Waals surface area contributed by atoms with Crippen molar-refractivity contribution in [2.24, 2.45) is 0 Å². The van der Waals surface area contributed by atoms with Crippen LogP contribution in [0.15, 0.2) is 30.7 Å². The Morgan fingerprint density at radius 2 is 2.08 bits per heavy atom. The molecule has 3 aromatic heterocycles. The number of nitrogens with one attached hydrogen (secondary N) is 2. The lowest BCUT2D eigenvalue weighted by molar-refractivity contribution is -0.122. The van der Waals surface area contributed by atoms with E-state index < -0.39 is 0 Å². The standard InChI is InChI=1S/C28H37FN6O3/c1-2-37-12-13-38-11-4-3-8-25(36)33-21-6-5-7-22(15-21)35-10-9-19-16-30-27(34-28(19)35)24-18-32-26-23(24)14-20(29)17-31-26/h9-10,14,16-17,21-22,24H,2-8,11-13,15,18H2,1H3,(H,31,32)(H,33,36). The number of rotatable bonds is 12. The Kier molecular flexibility index (Phi) is 8.80. The maximum Gasteiger partial charge on any atom is 0.220 e. The van der Waals surface area contributed by atoms with E-state index in [4.69, 9.17) is 14.5 Å². The van der Waals surface area contributed by atoms with Gasteiger partial charge in [0.25, 0.3) is 0 Å². The molecule has 10 heteroatoms.